The predicted molar refractivity (Wildman–Crippen MR) is 262 cm³/mol. The number of nitrogens with one attached hydrogen (secondary N) is 6. The van der Waals surface area contributed by atoms with Crippen LogP contribution in [0.15, 0.2) is 0 Å². The van der Waals surface area contributed by atoms with Crippen LogP contribution >= 0.6 is 23.2 Å². The molecule has 2 saturated carbocycles. The Hall–Kier alpha value is -4.80. The molecule has 0 spiro atoms. The van der Waals surface area contributed by atoms with Crippen LogP contribution in [0.3, 0.4) is 0 Å². The molecule has 6 heterocycles. The van der Waals surface area contributed by atoms with Crippen molar-refractivity contribution in [2.75, 3.05) is 87.1 Å². The van der Waals surface area contributed by atoms with Gasteiger partial charge in [-0.3, -0.25) is 31.3 Å². The third-order valence-corrected chi connectivity index (χ3v) is 16.8. The summed E-state index contributed by atoms with van der Waals surface area (Å²) < 4.78 is 30.9. The van der Waals surface area contributed by atoms with E-state index in [1.807, 2.05) is 9.80 Å². The Labute approximate surface area is 418 Å². The van der Waals surface area contributed by atoms with Gasteiger partial charge in [-0.2, -0.15) is 28.7 Å². The number of fused-ring (bicyclic) bond motifs is 2. The summed E-state index contributed by atoms with van der Waals surface area (Å²) in [7, 11) is 4.23. The van der Waals surface area contributed by atoms with E-state index in [9.17, 15) is 19.2 Å². The molecule has 24 heteroatoms. The lowest BCUT2D eigenvalue weighted by Crippen LogP contribution is -2.43. The Morgan fingerprint density at radius 3 is 1.30 bits per heavy atom. The van der Waals surface area contributed by atoms with E-state index in [4.69, 9.17) is 33.4 Å². The molecular weight excluding hydrogens is 953 g/mol. The minimum atomic E-state index is -1.19. The van der Waals surface area contributed by atoms with Crippen molar-refractivity contribution >= 4 is 70.5 Å². The second-order valence-electron chi connectivity index (χ2n) is 21.3. The molecule has 6 aliphatic rings. The quantitative estimate of drug-likeness (QED) is 0.0720. The van der Waals surface area contributed by atoms with E-state index in [1.165, 1.54) is 0 Å². The van der Waals surface area contributed by atoms with Crippen LogP contribution in [0.1, 0.15) is 91.9 Å². The number of likely N-dealkylation sites (tertiary alicyclic amines) is 2. The van der Waals surface area contributed by atoms with Crippen molar-refractivity contribution in [1.82, 2.24) is 51.2 Å². The molecule has 70 heavy (non-hydrogen) atoms. The van der Waals surface area contributed by atoms with Crippen LogP contribution in [0, 0.1) is 59.0 Å². The van der Waals surface area contributed by atoms with E-state index in [0.717, 1.165) is 64.5 Å². The fraction of sp³-hybridized carbons (Fsp3) is 0.739. The lowest BCUT2D eigenvalue weighted by molar-refractivity contribution is -0.125. The highest BCUT2D eigenvalue weighted by atomic mass is 35.5. The molecule has 6 atom stereocenters. The van der Waals surface area contributed by atoms with Gasteiger partial charge in [-0.1, -0.05) is 51.4 Å². The molecule has 0 bridgehead atoms. The average molecular weight is 1020 g/mol. The van der Waals surface area contributed by atoms with Gasteiger partial charge >= 0.3 is 12.2 Å². The van der Waals surface area contributed by atoms with Crippen molar-refractivity contribution < 1.29 is 38.2 Å². The van der Waals surface area contributed by atoms with E-state index >= 15 is 8.78 Å². The first-order chi connectivity index (χ1) is 33.1. The molecule has 4 amide bonds. The van der Waals surface area contributed by atoms with Crippen LogP contribution in [-0.4, -0.2) is 141 Å². The third kappa shape index (κ3) is 12.3. The number of hydrogen-bond donors (Lipinski definition) is 8. The zero-order valence-corrected chi connectivity index (χ0v) is 42.5. The maximum atomic E-state index is 15.4. The van der Waals surface area contributed by atoms with E-state index in [2.05, 4.69) is 104 Å². The standard InChI is InChI=1S/2C23H35ClFN7O3/c2*1-23(2)16-12-32(11-15(16)10-31(23)3)19-17(25)18(27-21(24)28-19)29-30-20(33)14(9-26-22(34)35)8-13-6-4-5-7-13/h2*13-16,26H,4-12H2,1-3H3,(H,30,33)(H,34,35)(H,27,28,29)/t2*14-,15?,16?/m11/s1. The molecular formula is C46H70Cl2F2N14O6. The highest BCUT2D eigenvalue weighted by Gasteiger charge is 2.52. The molecule has 4 unspecified atom stereocenters. The van der Waals surface area contributed by atoms with Crippen LogP contribution < -0.4 is 42.1 Å². The zero-order chi connectivity index (χ0) is 50.7. The second-order valence-corrected chi connectivity index (χ2v) is 22.0. The first-order valence-electron chi connectivity index (χ1n) is 24.6. The highest BCUT2D eigenvalue weighted by molar-refractivity contribution is 6.28. The van der Waals surface area contributed by atoms with E-state index in [0.29, 0.717) is 74.5 Å². The Kier molecular flexibility index (Phi) is 16.9. The number of carbonyl (C=O) groups excluding carboxylic acids is 2. The number of hydrazine groups is 2. The van der Waals surface area contributed by atoms with Gasteiger partial charge in [-0.25, -0.2) is 9.59 Å². The minimum Gasteiger partial charge on any atom is -0.465 e. The van der Waals surface area contributed by atoms with Crippen molar-refractivity contribution in [2.24, 2.45) is 47.3 Å². The van der Waals surface area contributed by atoms with Gasteiger partial charge in [0.2, 0.25) is 34.0 Å². The summed E-state index contributed by atoms with van der Waals surface area (Å²) in [5, 5.41) is 22.3. The monoisotopic (exact) mass is 1020 g/mol. The number of carbonyl (C=O) groups is 4. The lowest BCUT2D eigenvalue weighted by Gasteiger charge is -2.34. The van der Waals surface area contributed by atoms with Crippen molar-refractivity contribution in [3.63, 3.8) is 0 Å². The number of anilines is 4. The molecule has 388 valence electrons. The molecule has 8 rings (SSSR count). The molecule has 0 radical (unpaired) electrons. The molecule has 8 N–H and O–H groups in total. The summed E-state index contributed by atoms with van der Waals surface area (Å²) in [5.74, 6) is -1.31. The van der Waals surface area contributed by atoms with Crippen LogP contribution in [0.2, 0.25) is 10.6 Å². The minimum absolute atomic E-state index is 0.0000892. The van der Waals surface area contributed by atoms with Gasteiger partial charge in [0.25, 0.3) is 0 Å². The molecule has 4 saturated heterocycles. The molecule has 2 aromatic heterocycles. The van der Waals surface area contributed by atoms with Crippen LogP contribution in [0.25, 0.3) is 0 Å². The van der Waals surface area contributed by atoms with Gasteiger partial charge < -0.3 is 40.4 Å². The molecule has 4 aliphatic heterocycles. The van der Waals surface area contributed by atoms with Gasteiger partial charge in [0.15, 0.2) is 23.3 Å². The maximum absolute atomic E-state index is 15.4. The lowest BCUT2D eigenvalue weighted by atomic mass is 9.85. The summed E-state index contributed by atoms with van der Waals surface area (Å²) in [6.45, 7) is 13.3. The molecule has 2 aromatic rings. The fourth-order valence-electron chi connectivity index (χ4n) is 11.9. The largest absolute Gasteiger partial charge is 0.465 e. The fourth-order valence-corrected chi connectivity index (χ4v) is 12.3. The number of aromatic nitrogens is 4. The Morgan fingerprint density at radius 1 is 0.614 bits per heavy atom. The molecule has 20 nitrogen and oxygen atoms in total. The number of nitrogens with zero attached hydrogens (tertiary/aromatic N) is 8. The topological polar surface area (TPSA) is 245 Å². The Morgan fingerprint density at radius 2 is 0.971 bits per heavy atom. The van der Waals surface area contributed by atoms with E-state index in [1.54, 1.807) is 0 Å². The number of halogens is 4. The van der Waals surface area contributed by atoms with Crippen molar-refractivity contribution in [1.29, 1.82) is 0 Å². The van der Waals surface area contributed by atoms with Crippen molar-refractivity contribution in [3.8, 4) is 0 Å². The predicted octanol–water partition coefficient (Wildman–Crippen LogP) is 5.91. The first-order valence-corrected chi connectivity index (χ1v) is 25.3. The second kappa shape index (κ2) is 22.3. The van der Waals surface area contributed by atoms with E-state index < -0.39 is 47.5 Å². The number of carboxylic acid groups (broad SMARTS) is 2. The highest BCUT2D eigenvalue weighted by Crippen LogP contribution is 2.45. The van der Waals surface area contributed by atoms with Gasteiger partial charge in [-0.15, -0.1) is 0 Å². The van der Waals surface area contributed by atoms with Gasteiger partial charge in [-0.05, 0) is 102 Å². The summed E-state index contributed by atoms with van der Waals surface area (Å²) in [6.07, 6.45) is 7.29. The van der Waals surface area contributed by atoms with Gasteiger partial charge in [0, 0.05) is 75.3 Å². The van der Waals surface area contributed by atoms with Gasteiger partial charge in [0.05, 0.1) is 11.8 Å². The van der Waals surface area contributed by atoms with Crippen molar-refractivity contribution in [2.45, 2.75) is 103 Å². The summed E-state index contributed by atoms with van der Waals surface area (Å²) >= 11 is 12.2. The van der Waals surface area contributed by atoms with Crippen LogP contribution in [0.5, 0.6) is 0 Å². The molecule has 0 aromatic carbocycles. The Balaban J connectivity index is 0.000000206. The summed E-state index contributed by atoms with van der Waals surface area (Å²) in [4.78, 5) is 72.3. The number of hydrogen-bond acceptors (Lipinski definition) is 14. The third-order valence-electron chi connectivity index (χ3n) is 16.4. The number of amides is 4. The smallest absolute Gasteiger partial charge is 0.404 e. The van der Waals surface area contributed by atoms with E-state index in [-0.39, 0.29) is 58.0 Å². The number of rotatable bonds is 16. The van der Waals surface area contributed by atoms with Crippen molar-refractivity contribution in [3.05, 3.63) is 22.2 Å². The average Bonchev–Trinajstić information content (AvgIpc) is 4.18. The van der Waals surface area contributed by atoms with Crippen LogP contribution in [0.4, 0.5) is 41.6 Å². The molecule has 6 fully saturated rings. The summed E-state index contributed by atoms with van der Waals surface area (Å²) in [6, 6.07) is 0. The van der Waals surface area contributed by atoms with Crippen LogP contribution in [-0.2, 0) is 9.59 Å². The zero-order valence-electron chi connectivity index (χ0n) is 41.0. The van der Waals surface area contributed by atoms with Gasteiger partial charge in [0.1, 0.15) is 0 Å². The first kappa shape index (κ1) is 53.0. The normalized spacial score (nSPS) is 24.9. The summed E-state index contributed by atoms with van der Waals surface area (Å²) in [5.41, 5.74) is 10.1. The SMILES string of the molecule is CN1CC2CN(c3nc(Cl)nc(NNC(=O)[C@@H](CNC(=O)O)CC4CCCC4)c3F)CC2C1(C)C.CN1CC2CN(c3nc(Cl)nc(NNC(=O)[C@@H](CNC(=O)O)CC4CCCC4)c3F)CC2C1(C)C. The maximum Gasteiger partial charge on any atom is 0.404 e. The Bertz CT molecular complexity index is 2070. The molecule has 2 aliphatic carbocycles.